The molecule has 5 heteroatoms. The highest BCUT2D eigenvalue weighted by Gasteiger charge is 2.26. The quantitative estimate of drug-likeness (QED) is 0.840. The van der Waals surface area contributed by atoms with Gasteiger partial charge in [-0.3, -0.25) is 9.48 Å². The fourth-order valence-corrected chi connectivity index (χ4v) is 2.88. The van der Waals surface area contributed by atoms with E-state index in [9.17, 15) is 4.79 Å². The van der Waals surface area contributed by atoms with Crippen LogP contribution in [-0.2, 0) is 13.5 Å². The van der Waals surface area contributed by atoms with Gasteiger partial charge < -0.3 is 11.1 Å². The average molecular weight is 264 g/mol. The Balaban J connectivity index is 2.03. The predicted octanol–water partition coefficient (Wildman–Crippen LogP) is 1.23. The Morgan fingerprint density at radius 2 is 2.26 bits per heavy atom. The molecule has 0 saturated heterocycles. The summed E-state index contributed by atoms with van der Waals surface area (Å²) < 4.78 is 1.65. The first-order valence-electron chi connectivity index (χ1n) is 7.19. The van der Waals surface area contributed by atoms with Gasteiger partial charge in [-0.2, -0.15) is 5.10 Å². The van der Waals surface area contributed by atoms with Gasteiger partial charge in [-0.05, 0) is 31.2 Å². The fourth-order valence-electron chi connectivity index (χ4n) is 2.88. The largest absolute Gasteiger partial charge is 0.346 e. The number of nitrogens with one attached hydrogen (secondary N) is 1. The van der Waals surface area contributed by atoms with E-state index in [1.54, 1.807) is 11.7 Å². The summed E-state index contributed by atoms with van der Waals surface area (Å²) in [5.74, 6) is 0.477. The van der Waals surface area contributed by atoms with Gasteiger partial charge in [0.2, 0.25) is 0 Å². The maximum atomic E-state index is 12.3. The van der Waals surface area contributed by atoms with Gasteiger partial charge in [0, 0.05) is 19.6 Å². The maximum Gasteiger partial charge on any atom is 0.269 e. The lowest BCUT2D eigenvalue weighted by atomic mass is 9.98. The summed E-state index contributed by atoms with van der Waals surface area (Å²) in [6.45, 7) is 2.54. The van der Waals surface area contributed by atoms with Gasteiger partial charge in [0.1, 0.15) is 5.69 Å². The smallest absolute Gasteiger partial charge is 0.269 e. The molecule has 1 aliphatic carbocycles. The molecule has 106 valence electrons. The molecule has 3 N–H and O–H groups in total. The third-order valence-corrected chi connectivity index (χ3v) is 4.06. The van der Waals surface area contributed by atoms with Crippen LogP contribution in [0.3, 0.4) is 0 Å². The van der Waals surface area contributed by atoms with Crippen LogP contribution >= 0.6 is 0 Å². The summed E-state index contributed by atoms with van der Waals surface area (Å²) in [5, 5.41) is 7.38. The Kier molecular flexibility index (Phi) is 4.58. The monoisotopic (exact) mass is 264 g/mol. The topological polar surface area (TPSA) is 72.9 Å². The van der Waals surface area contributed by atoms with Gasteiger partial charge in [0.15, 0.2) is 0 Å². The highest BCUT2D eigenvalue weighted by atomic mass is 16.2. The number of hydrogen-bond donors (Lipinski definition) is 2. The van der Waals surface area contributed by atoms with E-state index >= 15 is 0 Å². The molecule has 1 amide bonds. The molecule has 1 unspecified atom stereocenters. The number of amides is 1. The molecule has 1 heterocycles. The van der Waals surface area contributed by atoms with Crippen molar-refractivity contribution in [1.29, 1.82) is 0 Å². The lowest BCUT2D eigenvalue weighted by Gasteiger charge is -2.23. The van der Waals surface area contributed by atoms with Crippen LogP contribution in [0, 0.1) is 5.92 Å². The van der Waals surface area contributed by atoms with E-state index in [0.717, 1.165) is 12.1 Å². The second-order valence-corrected chi connectivity index (χ2v) is 5.36. The van der Waals surface area contributed by atoms with Gasteiger partial charge in [-0.1, -0.05) is 19.8 Å². The van der Waals surface area contributed by atoms with E-state index < -0.39 is 0 Å². The fraction of sp³-hybridized carbons (Fsp3) is 0.714. The first-order chi connectivity index (χ1) is 9.15. The van der Waals surface area contributed by atoms with Crippen LogP contribution in [0.5, 0.6) is 0 Å². The van der Waals surface area contributed by atoms with Gasteiger partial charge >= 0.3 is 0 Å². The summed E-state index contributed by atoms with van der Waals surface area (Å²) in [6.07, 6.45) is 5.69. The van der Waals surface area contributed by atoms with E-state index in [-0.39, 0.29) is 11.9 Å². The molecule has 1 atom stereocenters. The van der Waals surface area contributed by atoms with Crippen molar-refractivity contribution in [3.05, 3.63) is 17.5 Å². The Hall–Kier alpha value is -1.36. The average Bonchev–Trinajstić information content (AvgIpc) is 3.04. The van der Waals surface area contributed by atoms with Crippen LogP contribution in [0.4, 0.5) is 0 Å². The van der Waals surface area contributed by atoms with Crippen molar-refractivity contribution in [2.24, 2.45) is 18.7 Å². The number of nitrogens with two attached hydrogens (primary N) is 1. The third kappa shape index (κ3) is 3.15. The Bertz CT molecular complexity index is 435. The van der Waals surface area contributed by atoms with Crippen LogP contribution in [0.15, 0.2) is 6.07 Å². The molecule has 5 nitrogen and oxygen atoms in total. The van der Waals surface area contributed by atoms with E-state index in [1.807, 2.05) is 13.0 Å². The van der Waals surface area contributed by atoms with Crippen molar-refractivity contribution in [2.45, 2.75) is 45.1 Å². The molecule has 0 aromatic carbocycles. The van der Waals surface area contributed by atoms with Crippen molar-refractivity contribution >= 4 is 5.91 Å². The second-order valence-electron chi connectivity index (χ2n) is 5.36. The van der Waals surface area contributed by atoms with Gasteiger partial charge in [0.05, 0.1) is 5.69 Å². The molecule has 1 saturated carbocycles. The van der Waals surface area contributed by atoms with Crippen molar-refractivity contribution in [2.75, 3.05) is 6.54 Å². The molecule has 1 aromatic heterocycles. The molecule has 0 aliphatic heterocycles. The first kappa shape index (κ1) is 14.1. The van der Waals surface area contributed by atoms with Crippen molar-refractivity contribution < 1.29 is 4.79 Å². The standard InChI is InChI=1S/C14H24N4O/c1-3-11-8-13(18(2)17-11)14(19)16-12(9-15)10-6-4-5-7-10/h8,10,12H,3-7,9,15H2,1-2H3,(H,16,19). The number of nitrogens with zero attached hydrogens (tertiary/aromatic N) is 2. The summed E-state index contributed by atoms with van der Waals surface area (Å²) in [6, 6.07) is 1.95. The Morgan fingerprint density at radius 1 is 1.58 bits per heavy atom. The number of hydrogen-bond acceptors (Lipinski definition) is 3. The lowest BCUT2D eigenvalue weighted by Crippen LogP contribution is -2.45. The molecule has 0 bridgehead atoms. The van der Waals surface area contributed by atoms with Crippen LogP contribution in [0.2, 0.25) is 0 Å². The van der Waals surface area contributed by atoms with Crippen LogP contribution in [0.25, 0.3) is 0 Å². The van der Waals surface area contributed by atoms with Gasteiger partial charge in [0.25, 0.3) is 5.91 Å². The number of carbonyl (C=O) groups is 1. The number of aromatic nitrogens is 2. The van der Waals surface area contributed by atoms with E-state index in [0.29, 0.717) is 18.2 Å². The van der Waals surface area contributed by atoms with Gasteiger partial charge in [-0.25, -0.2) is 0 Å². The molecule has 1 aromatic rings. The van der Waals surface area contributed by atoms with E-state index in [1.165, 1.54) is 25.7 Å². The van der Waals surface area contributed by atoms with Crippen LogP contribution < -0.4 is 11.1 Å². The zero-order valence-corrected chi connectivity index (χ0v) is 11.9. The zero-order valence-electron chi connectivity index (χ0n) is 11.9. The highest BCUT2D eigenvalue weighted by Crippen LogP contribution is 2.27. The minimum absolute atomic E-state index is 0.0583. The summed E-state index contributed by atoms with van der Waals surface area (Å²) in [5.41, 5.74) is 7.37. The van der Waals surface area contributed by atoms with Crippen molar-refractivity contribution in [1.82, 2.24) is 15.1 Å². The summed E-state index contributed by atoms with van der Waals surface area (Å²) >= 11 is 0. The molecular weight excluding hydrogens is 240 g/mol. The maximum absolute atomic E-state index is 12.3. The number of carbonyl (C=O) groups excluding carboxylic acids is 1. The Labute approximate surface area is 114 Å². The molecule has 19 heavy (non-hydrogen) atoms. The molecule has 2 rings (SSSR count). The van der Waals surface area contributed by atoms with Crippen molar-refractivity contribution in [3.63, 3.8) is 0 Å². The minimum atomic E-state index is -0.0583. The highest BCUT2D eigenvalue weighted by molar-refractivity contribution is 5.92. The van der Waals surface area contributed by atoms with Crippen LogP contribution in [-0.4, -0.2) is 28.3 Å². The molecule has 0 spiro atoms. The van der Waals surface area contributed by atoms with Gasteiger partial charge in [-0.15, -0.1) is 0 Å². The summed E-state index contributed by atoms with van der Waals surface area (Å²) in [7, 11) is 1.81. The third-order valence-electron chi connectivity index (χ3n) is 4.06. The first-order valence-corrected chi connectivity index (χ1v) is 7.19. The van der Waals surface area contributed by atoms with E-state index in [4.69, 9.17) is 5.73 Å². The Morgan fingerprint density at radius 3 is 2.79 bits per heavy atom. The molecule has 1 fully saturated rings. The normalized spacial score (nSPS) is 17.6. The minimum Gasteiger partial charge on any atom is -0.346 e. The molecular formula is C14H24N4O. The van der Waals surface area contributed by atoms with E-state index in [2.05, 4.69) is 10.4 Å². The second kappa shape index (κ2) is 6.19. The van der Waals surface area contributed by atoms with Crippen LogP contribution in [0.1, 0.15) is 48.8 Å². The lowest BCUT2D eigenvalue weighted by molar-refractivity contribution is 0.0914. The molecule has 1 aliphatic rings. The van der Waals surface area contributed by atoms with Crippen molar-refractivity contribution in [3.8, 4) is 0 Å². The summed E-state index contributed by atoms with van der Waals surface area (Å²) in [4.78, 5) is 12.3. The SMILES string of the molecule is CCc1cc(C(=O)NC(CN)C2CCCC2)n(C)n1. The number of rotatable bonds is 5. The predicted molar refractivity (Wildman–Crippen MR) is 74.9 cm³/mol. The molecule has 0 radical (unpaired) electrons. The number of aryl methyl sites for hydroxylation is 2. The zero-order chi connectivity index (χ0) is 13.8.